The van der Waals surface area contributed by atoms with Crippen LogP contribution in [-0.4, -0.2) is 10.9 Å². The molecule has 4 rings (SSSR count). The molecule has 3 heterocycles. The molecule has 0 aliphatic rings. The van der Waals surface area contributed by atoms with E-state index < -0.39 is 0 Å². The Kier molecular flexibility index (Phi) is 6.26. The highest BCUT2D eigenvalue weighted by Gasteiger charge is 2.23. The van der Waals surface area contributed by atoms with Gasteiger partial charge < -0.3 is 10.6 Å². The summed E-state index contributed by atoms with van der Waals surface area (Å²) in [6, 6.07) is 21.5. The largest absolute Gasteiger partial charge is 0.358 e. The molecule has 2 N–H and O–H groups in total. The molecule has 0 aliphatic carbocycles. The molecule has 1 atom stereocenters. The van der Waals surface area contributed by atoms with Crippen LogP contribution < -0.4 is 10.6 Å². The molecular weight excluding hydrogens is 410 g/mol. The van der Waals surface area contributed by atoms with Crippen LogP contribution in [0.4, 0.5) is 10.8 Å². The Morgan fingerprint density at radius 2 is 1.90 bits per heavy atom. The number of nitrogens with one attached hydrogen (secondary N) is 2. The van der Waals surface area contributed by atoms with E-state index in [9.17, 15) is 4.79 Å². The van der Waals surface area contributed by atoms with Gasteiger partial charge in [-0.3, -0.25) is 4.79 Å². The van der Waals surface area contributed by atoms with Gasteiger partial charge in [0.2, 0.25) is 0 Å². The van der Waals surface area contributed by atoms with Gasteiger partial charge in [0.25, 0.3) is 5.91 Å². The van der Waals surface area contributed by atoms with Crippen molar-refractivity contribution < 1.29 is 4.79 Å². The van der Waals surface area contributed by atoms with Crippen LogP contribution in [0.1, 0.15) is 44.3 Å². The summed E-state index contributed by atoms with van der Waals surface area (Å²) in [5.41, 5.74) is 2.67. The molecule has 1 amide bonds. The molecule has 0 aliphatic heterocycles. The molecule has 0 saturated carbocycles. The molecule has 3 aromatic heterocycles. The number of carbonyl (C=O) groups excluding carboxylic acids is 1. The van der Waals surface area contributed by atoms with Gasteiger partial charge in [-0.2, -0.15) is 0 Å². The van der Waals surface area contributed by atoms with Crippen molar-refractivity contribution in [3.05, 3.63) is 98.7 Å². The average Bonchev–Trinajstić information content (AvgIpc) is 3.43. The van der Waals surface area contributed by atoms with Crippen LogP contribution in [0.2, 0.25) is 0 Å². The van der Waals surface area contributed by atoms with Crippen molar-refractivity contribution in [2.45, 2.75) is 26.3 Å². The Bertz CT molecular complexity index is 1120. The maximum atomic E-state index is 12.8. The Hall–Kier alpha value is -2.96. The summed E-state index contributed by atoms with van der Waals surface area (Å²) in [6.07, 6.45) is 0.915. The number of rotatable bonds is 7. The minimum atomic E-state index is -0.0973. The molecule has 152 valence electrons. The average molecular weight is 434 g/mol. The minimum Gasteiger partial charge on any atom is -0.358 e. The first kappa shape index (κ1) is 20.3. The summed E-state index contributed by atoms with van der Waals surface area (Å²) in [4.78, 5) is 19.9. The van der Waals surface area contributed by atoms with E-state index in [0.29, 0.717) is 5.56 Å². The molecule has 4 aromatic rings. The van der Waals surface area contributed by atoms with Crippen LogP contribution in [0.15, 0.2) is 72.1 Å². The molecule has 0 bridgehead atoms. The Balaban J connectivity index is 1.71. The SMILES string of the molecule is CCc1cc(C(Nc2cccc(C)n2)c2cccs2)c(NC(=O)c2ccccc2)s1. The standard InChI is InChI=1S/C24H23N3OS2/c1-3-18-15-19(24(30-18)27-23(28)17-10-5-4-6-11-17)22(20-12-8-14-29-20)26-21-13-7-9-16(2)25-21/h4-15,22H,3H2,1-2H3,(H,25,26)(H,27,28). The van der Waals surface area contributed by atoms with Gasteiger partial charge >= 0.3 is 0 Å². The summed E-state index contributed by atoms with van der Waals surface area (Å²) >= 11 is 3.33. The first-order valence-electron chi connectivity index (χ1n) is 9.86. The maximum Gasteiger partial charge on any atom is 0.256 e. The molecule has 0 fully saturated rings. The zero-order valence-electron chi connectivity index (χ0n) is 16.9. The monoisotopic (exact) mass is 433 g/mol. The summed E-state index contributed by atoms with van der Waals surface area (Å²) in [5.74, 6) is 0.720. The van der Waals surface area contributed by atoms with Crippen molar-refractivity contribution in [1.82, 2.24) is 4.98 Å². The van der Waals surface area contributed by atoms with Crippen molar-refractivity contribution in [2.24, 2.45) is 0 Å². The molecular formula is C24H23N3OS2. The van der Waals surface area contributed by atoms with Gasteiger partial charge in [-0.15, -0.1) is 22.7 Å². The van der Waals surface area contributed by atoms with Gasteiger partial charge in [-0.25, -0.2) is 4.98 Å². The highest BCUT2D eigenvalue weighted by atomic mass is 32.1. The van der Waals surface area contributed by atoms with Crippen molar-refractivity contribution >= 4 is 39.4 Å². The molecule has 4 nitrogen and oxygen atoms in total. The molecule has 6 heteroatoms. The lowest BCUT2D eigenvalue weighted by Gasteiger charge is -2.19. The van der Waals surface area contributed by atoms with Crippen molar-refractivity contribution in [3.63, 3.8) is 0 Å². The number of hydrogen-bond acceptors (Lipinski definition) is 5. The predicted octanol–water partition coefficient (Wildman–Crippen LogP) is 6.53. The quantitative estimate of drug-likeness (QED) is 0.348. The van der Waals surface area contributed by atoms with E-state index >= 15 is 0 Å². The molecule has 1 unspecified atom stereocenters. The van der Waals surface area contributed by atoms with E-state index in [2.05, 4.69) is 40.1 Å². The number of benzene rings is 1. The van der Waals surface area contributed by atoms with Gasteiger partial charge in [0.05, 0.1) is 6.04 Å². The van der Waals surface area contributed by atoms with Crippen LogP contribution in [0.5, 0.6) is 0 Å². The lowest BCUT2D eigenvalue weighted by atomic mass is 10.1. The number of aryl methyl sites for hydroxylation is 2. The fourth-order valence-corrected chi connectivity index (χ4v) is 5.06. The van der Waals surface area contributed by atoms with Gasteiger partial charge in [-0.1, -0.05) is 37.3 Å². The van der Waals surface area contributed by atoms with E-state index in [-0.39, 0.29) is 11.9 Å². The number of amides is 1. The lowest BCUT2D eigenvalue weighted by Crippen LogP contribution is -2.16. The third kappa shape index (κ3) is 4.61. The summed E-state index contributed by atoms with van der Waals surface area (Å²) in [5, 5.41) is 9.68. The normalized spacial score (nSPS) is 11.8. The molecule has 0 saturated heterocycles. The smallest absolute Gasteiger partial charge is 0.256 e. The van der Waals surface area contributed by atoms with E-state index in [1.165, 1.54) is 9.75 Å². The molecule has 0 radical (unpaired) electrons. The van der Waals surface area contributed by atoms with Gasteiger partial charge in [0.15, 0.2) is 0 Å². The van der Waals surface area contributed by atoms with Gasteiger partial charge in [0, 0.05) is 26.6 Å². The van der Waals surface area contributed by atoms with Crippen molar-refractivity contribution in [1.29, 1.82) is 0 Å². The van der Waals surface area contributed by atoms with Gasteiger partial charge in [-0.05, 0) is 55.1 Å². The fraction of sp³-hybridized carbons (Fsp3) is 0.167. The second-order valence-corrected chi connectivity index (χ2v) is 9.04. The Labute approximate surface area is 184 Å². The number of aromatic nitrogens is 1. The Morgan fingerprint density at radius 3 is 2.60 bits per heavy atom. The lowest BCUT2D eigenvalue weighted by molar-refractivity contribution is 0.102. The topological polar surface area (TPSA) is 54.0 Å². The summed E-state index contributed by atoms with van der Waals surface area (Å²) in [7, 11) is 0. The number of carbonyl (C=O) groups is 1. The first-order valence-corrected chi connectivity index (χ1v) is 11.6. The van der Waals surface area contributed by atoms with E-state index in [0.717, 1.165) is 28.5 Å². The highest BCUT2D eigenvalue weighted by Crippen LogP contribution is 2.39. The first-order chi connectivity index (χ1) is 14.6. The fourth-order valence-electron chi connectivity index (χ4n) is 3.24. The number of anilines is 2. The summed E-state index contributed by atoms with van der Waals surface area (Å²) in [6.45, 7) is 4.12. The third-order valence-electron chi connectivity index (χ3n) is 4.74. The van der Waals surface area contributed by atoms with Crippen LogP contribution >= 0.6 is 22.7 Å². The second kappa shape index (κ2) is 9.24. The molecule has 0 spiro atoms. The number of thiophene rings is 2. The molecule has 30 heavy (non-hydrogen) atoms. The predicted molar refractivity (Wildman–Crippen MR) is 127 cm³/mol. The Morgan fingerprint density at radius 1 is 1.07 bits per heavy atom. The highest BCUT2D eigenvalue weighted by molar-refractivity contribution is 7.16. The minimum absolute atomic E-state index is 0.0954. The van der Waals surface area contributed by atoms with Crippen molar-refractivity contribution in [3.8, 4) is 0 Å². The van der Waals surface area contributed by atoms with Crippen LogP contribution in [-0.2, 0) is 6.42 Å². The van der Waals surface area contributed by atoms with Crippen LogP contribution in [0.25, 0.3) is 0 Å². The van der Waals surface area contributed by atoms with E-state index in [4.69, 9.17) is 0 Å². The molecule has 1 aromatic carbocycles. The van der Waals surface area contributed by atoms with E-state index in [1.54, 1.807) is 22.7 Å². The maximum absolute atomic E-state index is 12.8. The number of pyridine rings is 1. The third-order valence-corrected chi connectivity index (χ3v) is 6.89. The van der Waals surface area contributed by atoms with E-state index in [1.807, 2.05) is 61.5 Å². The van der Waals surface area contributed by atoms with Crippen LogP contribution in [0.3, 0.4) is 0 Å². The van der Waals surface area contributed by atoms with Crippen molar-refractivity contribution in [2.75, 3.05) is 10.6 Å². The second-order valence-electron chi connectivity index (χ2n) is 6.93. The zero-order valence-corrected chi connectivity index (χ0v) is 18.5. The zero-order chi connectivity index (χ0) is 20.9. The van der Waals surface area contributed by atoms with Crippen LogP contribution in [0, 0.1) is 6.92 Å². The summed E-state index contributed by atoms with van der Waals surface area (Å²) < 4.78 is 0. The van der Waals surface area contributed by atoms with Gasteiger partial charge in [0.1, 0.15) is 10.8 Å². The number of hydrogen-bond donors (Lipinski definition) is 2. The number of nitrogens with zero attached hydrogens (tertiary/aromatic N) is 1.